The van der Waals surface area contributed by atoms with Gasteiger partial charge in [-0.15, -0.1) is 0 Å². The molecule has 0 saturated heterocycles. The van der Waals surface area contributed by atoms with Crippen molar-refractivity contribution >= 4 is 9.84 Å². The van der Waals surface area contributed by atoms with Gasteiger partial charge in [0.1, 0.15) is 18.2 Å². The molecule has 0 saturated carbocycles. The van der Waals surface area contributed by atoms with Crippen LogP contribution in [0.1, 0.15) is 11.1 Å². The van der Waals surface area contributed by atoms with Crippen LogP contribution in [-0.4, -0.2) is 14.7 Å². The summed E-state index contributed by atoms with van der Waals surface area (Å²) in [6.45, 7) is 0.323. The molecule has 4 nitrogen and oxygen atoms in total. The summed E-state index contributed by atoms with van der Waals surface area (Å²) in [4.78, 5) is 0.163. The lowest BCUT2D eigenvalue weighted by Gasteiger charge is -2.09. The highest BCUT2D eigenvalue weighted by Gasteiger charge is 2.09. The number of hydrogen-bond acceptors (Lipinski definition) is 4. The van der Waals surface area contributed by atoms with E-state index >= 15 is 0 Å². The smallest absolute Gasteiger partial charge is 0.175 e. The summed E-state index contributed by atoms with van der Waals surface area (Å²) in [5.41, 5.74) is 6.70. The quantitative estimate of drug-likeness (QED) is 0.920. The van der Waals surface area contributed by atoms with Gasteiger partial charge >= 0.3 is 0 Å². The van der Waals surface area contributed by atoms with Crippen molar-refractivity contribution in [2.45, 2.75) is 18.0 Å². The van der Waals surface area contributed by atoms with E-state index in [9.17, 15) is 12.8 Å². The maximum absolute atomic E-state index is 13.7. The standard InChI is InChI=1S/C15H16FNO3S/c1-21(18,19)14-4-2-3-13(8-14)20-10-12-7-11(9-17)5-6-15(12)16/h2-8H,9-10,17H2,1H3. The van der Waals surface area contributed by atoms with E-state index in [1.165, 1.54) is 18.2 Å². The van der Waals surface area contributed by atoms with E-state index in [0.29, 0.717) is 17.9 Å². The van der Waals surface area contributed by atoms with Crippen molar-refractivity contribution in [2.75, 3.05) is 6.26 Å². The number of hydrogen-bond donors (Lipinski definition) is 1. The van der Waals surface area contributed by atoms with Crippen molar-refractivity contribution in [1.29, 1.82) is 0 Å². The van der Waals surface area contributed by atoms with Crippen molar-refractivity contribution in [3.05, 3.63) is 59.4 Å². The number of sulfone groups is 1. The van der Waals surface area contributed by atoms with Crippen LogP contribution < -0.4 is 10.5 Å². The van der Waals surface area contributed by atoms with Crippen molar-refractivity contribution < 1.29 is 17.5 Å². The molecule has 21 heavy (non-hydrogen) atoms. The second-order valence-corrected chi connectivity index (χ2v) is 6.68. The summed E-state index contributed by atoms with van der Waals surface area (Å²) >= 11 is 0. The van der Waals surface area contributed by atoms with Gasteiger partial charge in [0.25, 0.3) is 0 Å². The number of rotatable bonds is 5. The maximum Gasteiger partial charge on any atom is 0.175 e. The van der Waals surface area contributed by atoms with Crippen LogP contribution in [0.25, 0.3) is 0 Å². The van der Waals surface area contributed by atoms with Gasteiger partial charge in [-0.1, -0.05) is 12.1 Å². The fourth-order valence-electron chi connectivity index (χ4n) is 1.82. The van der Waals surface area contributed by atoms with Gasteiger partial charge in [0.05, 0.1) is 4.90 Å². The molecule has 2 aromatic carbocycles. The Kier molecular flexibility index (Phi) is 4.59. The van der Waals surface area contributed by atoms with Crippen molar-refractivity contribution in [3.63, 3.8) is 0 Å². The Morgan fingerprint density at radius 2 is 1.95 bits per heavy atom. The van der Waals surface area contributed by atoms with Gasteiger partial charge in [0, 0.05) is 18.4 Å². The van der Waals surface area contributed by atoms with Crippen LogP contribution in [0.3, 0.4) is 0 Å². The Morgan fingerprint density at radius 1 is 1.19 bits per heavy atom. The van der Waals surface area contributed by atoms with Gasteiger partial charge in [-0.2, -0.15) is 0 Å². The third-order valence-electron chi connectivity index (χ3n) is 2.97. The summed E-state index contributed by atoms with van der Waals surface area (Å²) in [7, 11) is -3.30. The lowest BCUT2D eigenvalue weighted by atomic mass is 10.1. The third-order valence-corrected chi connectivity index (χ3v) is 4.08. The summed E-state index contributed by atoms with van der Waals surface area (Å²) < 4.78 is 42.1. The molecule has 6 heteroatoms. The highest BCUT2D eigenvalue weighted by Crippen LogP contribution is 2.19. The number of halogens is 1. The van der Waals surface area contributed by atoms with E-state index in [0.717, 1.165) is 11.8 Å². The zero-order valence-corrected chi connectivity index (χ0v) is 12.4. The molecule has 112 valence electrons. The Balaban J connectivity index is 2.17. The first-order valence-corrected chi connectivity index (χ1v) is 8.19. The SMILES string of the molecule is CS(=O)(=O)c1cccc(OCc2cc(CN)ccc2F)c1. The molecule has 0 spiro atoms. The van der Waals surface area contributed by atoms with Gasteiger partial charge in [0.2, 0.25) is 0 Å². The number of benzene rings is 2. The molecule has 0 radical (unpaired) electrons. The molecule has 0 aliphatic heterocycles. The first-order chi connectivity index (χ1) is 9.90. The van der Waals surface area contributed by atoms with Crippen LogP contribution >= 0.6 is 0 Å². The summed E-state index contributed by atoms with van der Waals surface area (Å²) in [6, 6.07) is 10.7. The van der Waals surface area contributed by atoms with Crippen LogP contribution in [-0.2, 0) is 23.0 Å². The van der Waals surface area contributed by atoms with Crippen LogP contribution in [0, 0.1) is 5.82 Å². The van der Waals surface area contributed by atoms with E-state index < -0.39 is 9.84 Å². The minimum Gasteiger partial charge on any atom is -0.489 e. The van der Waals surface area contributed by atoms with E-state index in [2.05, 4.69) is 0 Å². The van der Waals surface area contributed by atoms with Gasteiger partial charge in [0.15, 0.2) is 9.84 Å². The fraction of sp³-hybridized carbons (Fsp3) is 0.200. The van der Waals surface area contributed by atoms with E-state index in [4.69, 9.17) is 10.5 Å². The number of ether oxygens (including phenoxy) is 1. The maximum atomic E-state index is 13.7. The minimum absolute atomic E-state index is 0.00683. The second-order valence-electron chi connectivity index (χ2n) is 4.67. The molecule has 2 rings (SSSR count). The molecule has 0 unspecified atom stereocenters. The van der Waals surface area contributed by atoms with Crippen molar-refractivity contribution in [1.82, 2.24) is 0 Å². The average Bonchev–Trinajstić information content (AvgIpc) is 2.46. The van der Waals surface area contributed by atoms with Gasteiger partial charge in [-0.05, 0) is 35.9 Å². The molecule has 0 atom stereocenters. The first kappa shape index (κ1) is 15.5. The van der Waals surface area contributed by atoms with E-state index in [1.54, 1.807) is 24.3 Å². The van der Waals surface area contributed by atoms with Crippen molar-refractivity contribution in [3.8, 4) is 5.75 Å². The summed E-state index contributed by atoms with van der Waals surface area (Å²) in [5.74, 6) is -0.0121. The van der Waals surface area contributed by atoms with Crippen LogP contribution in [0.2, 0.25) is 0 Å². The van der Waals surface area contributed by atoms with Gasteiger partial charge in [-0.3, -0.25) is 0 Å². The number of nitrogens with two attached hydrogens (primary N) is 1. The van der Waals surface area contributed by atoms with Crippen LogP contribution in [0.5, 0.6) is 5.75 Å². The predicted molar refractivity (Wildman–Crippen MR) is 78.2 cm³/mol. The van der Waals surface area contributed by atoms with E-state index in [-0.39, 0.29) is 17.3 Å². The molecule has 0 heterocycles. The normalized spacial score (nSPS) is 11.4. The predicted octanol–water partition coefficient (Wildman–Crippen LogP) is 2.27. The molecule has 0 aliphatic carbocycles. The molecule has 0 amide bonds. The molecular formula is C15H16FNO3S. The first-order valence-electron chi connectivity index (χ1n) is 6.30. The Labute approximate surface area is 123 Å². The fourth-order valence-corrected chi connectivity index (χ4v) is 2.48. The Bertz CT molecular complexity index is 744. The second kappa shape index (κ2) is 6.24. The molecule has 0 aromatic heterocycles. The van der Waals surface area contributed by atoms with Crippen LogP contribution in [0.4, 0.5) is 4.39 Å². The lowest BCUT2D eigenvalue weighted by molar-refractivity contribution is 0.299. The summed E-state index contributed by atoms with van der Waals surface area (Å²) in [6.07, 6.45) is 1.12. The lowest BCUT2D eigenvalue weighted by Crippen LogP contribution is -2.03. The van der Waals surface area contributed by atoms with E-state index in [1.807, 2.05) is 0 Å². The largest absolute Gasteiger partial charge is 0.489 e. The zero-order valence-electron chi connectivity index (χ0n) is 11.5. The Hall–Kier alpha value is -1.92. The summed E-state index contributed by atoms with van der Waals surface area (Å²) in [5, 5.41) is 0. The highest BCUT2D eigenvalue weighted by atomic mass is 32.2. The minimum atomic E-state index is -3.30. The Morgan fingerprint density at radius 3 is 2.62 bits per heavy atom. The molecule has 0 fully saturated rings. The molecule has 0 bridgehead atoms. The monoisotopic (exact) mass is 309 g/mol. The average molecular weight is 309 g/mol. The topological polar surface area (TPSA) is 69.4 Å². The third kappa shape index (κ3) is 4.03. The molecule has 0 aliphatic rings. The van der Waals surface area contributed by atoms with Gasteiger partial charge in [-0.25, -0.2) is 12.8 Å². The van der Waals surface area contributed by atoms with Crippen molar-refractivity contribution in [2.24, 2.45) is 5.73 Å². The molecular weight excluding hydrogens is 293 g/mol. The van der Waals surface area contributed by atoms with Crippen LogP contribution in [0.15, 0.2) is 47.4 Å². The zero-order chi connectivity index (χ0) is 15.5. The highest BCUT2D eigenvalue weighted by molar-refractivity contribution is 7.90. The molecule has 2 aromatic rings. The van der Waals surface area contributed by atoms with Gasteiger partial charge < -0.3 is 10.5 Å². The molecule has 2 N–H and O–H groups in total.